The summed E-state index contributed by atoms with van der Waals surface area (Å²) in [4.78, 5) is 23.5. The van der Waals surface area contributed by atoms with Gasteiger partial charge in [0.2, 0.25) is 17.7 Å². The largest absolute Gasteiger partial charge is 0.411 e. The van der Waals surface area contributed by atoms with Gasteiger partial charge in [0.25, 0.3) is 5.22 Å². The molecule has 7 nitrogen and oxygen atoms in total. The van der Waals surface area contributed by atoms with Gasteiger partial charge < -0.3 is 15.1 Å². The molecule has 0 aliphatic carbocycles. The number of carbonyl (C=O) groups excluding carboxylic acids is 2. The minimum atomic E-state index is -0.582. The quantitative estimate of drug-likeness (QED) is 0.732. The van der Waals surface area contributed by atoms with E-state index in [1.54, 1.807) is 6.92 Å². The van der Waals surface area contributed by atoms with Crippen molar-refractivity contribution in [2.45, 2.75) is 39.0 Å². The van der Waals surface area contributed by atoms with Gasteiger partial charge in [-0.2, -0.15) is 0 Å². The van der Waals surface area contributed by atoms with E-state index in [1.165, 1.54) is 0 Å². The van der Waals surface area contributed by atoms with Crippen LogP contribution in [0.15, 0.2) is 27.8 Å². The van der Waals surface area contributed by atoms with E-state index in [0.717, 1.165) is 28.5 Å². The third-order valence-electron chi connectivity index (χ3n) is 3.32. The standard InChI is InChI=1S/C17H22N4O3S/c1-5-18-15(23)12(4)19-14(22)9-25-17-21-20-16(24-17)13-7-10(2)6-11(3)8-13/h6-8,12H,5,9H2,1-4H3,(H,18,23)(H,19,22)/t12-/m0/s1. The Hall–Kier alpha value is -2.35. The first-order valence-corrected chi connectivity index (χ1v) is 8.99. The molecule has 0 aliphatic heterocycles. The molecule has 0 radical (unpaired) electrons. The molecule has 2 N–H and O–H groups in total. The van der Waals surface area contributed by atoms with Gasteiger partial charge in [0, 0.05) is 12.1 Å². The molecular formula is C17H22N4O3S. The summed E-state index contributed by atoms with van der Waals surface area (Å²) in [6, 6.07) is 5.42. The lowest BCUT2D eigenvalue weighted by Gasteiger charge is -2.12. The zero-order valence-corrected chi connectivity index (χ0v) is 15.6. The summed E-state index contributed by atoms with van der Waals surface area (Å²) in [5, 5.41) is 13.6. The van der Waals surface area contributed by atoms with Crippen LogP contribution in [-0.4, -0.2) is 40.4 Å². The lowest BCUT2D eigenvalue weighted by Crippen LogP contribution is -2.45. The number of aromatic nitrogens is 2. The van der Waals surface area contributed by atoms with E-state index in [1.807, 2.05) is 32.9 Å². The summed E-state index contributed by atoms with van der Waals surface area (Å²) in [7, 11) is 0. The molecule has 25 heavy (non-hydrogen) atoms. The molecule has 0 aliphatic rings. The third-order valence-corrected chi connectivity index (χ3v) is 4.14. The van der Waals surface area contributed by atoms with Gasteiger partial charge in [-0.3, -0.25) is 9.59 Å². The summed E-state index contributed by atoms with van der Waals surface area (Å²) in [5.74, 6) is 0.0362. The molecule has 2 amide bonds. The van der Waals surface area contributed by atoms with E-state index in [-0.39, 0.29) is 17.6 Å². The van der Waals surface area contributed by atoms with Crippen molar-refractivity contribution < 1.29 is 14.0 Å². The Bertz CT molecular complexity index is 740. The van der Waals surface area contributed by atoms with Crippen molar-refractivity contribution in [3.8, 4) is 11.5 Å². The Balaban J connectivity index is 1.91. The fraction of sp³-hybridized carbons (Fsp3) is 0.412. The second-order valence-electron chi connectivity index (χ2n) is 5.72. The molecule has 1 aromatic carbocycles. The van der Waals surface area contributed by atoms with Gasteiger partial charge >= 0.3 is 0 Å². The Kier molecular flexibility index (Phi) is 6.58. The Morgan fingerprint density at radius 1 is 1.20 bits per heavy atom. The highest BCUT2D eigenvalue weighted by molar-refractivity contribution is 7.99. The van der Waals surface area contributed by atoms with E-state index in [9.17, 15) is 9.59 Å². The third kappa shape index (κ3) is 5.60. The molecule has 2 aromatic rings. The molecule has 0 fully saturated rings. The van der Waals surface area contributed by atoms with Crippen molar-refractivity contribution in [1.82, 2.24) is 20.8 Å². The van der Waals surface area contributed by atoms with Crippen molar-refractivity contribution in [2.75, 3.05) is 12.3 Å². The molecule has 0 saturated heterocycles. The van der Waals surface area contributed by atoms with Gasteiger partial charge in [0.1, 0.15) is 6.04 Å². The number of hydrogen-bond donors (Lipinski definition) is 2. The van der Waals surface area contributed by atoms with Gasteiger partial charge in [-0.25, -0.2) is 0 Å². The summed E-state index contributed by atoms with van der Waals surface area (Å²) in [6.07, 6.45) is 0. The number of carbonyl (C=O) groups is 2. The highest BCUT2D eigenvalue weighted by Gasteiger charge is 2.16. The number of hydrogen-bond acceptors (Lipinski definition) is 6. The number of benzene rings is 1. The van der Waals surface area contributed by atoms with Gasteiger partial charge in [-0.15, -0.1) is 10.2 Å². The molecule has 134 valence electrons. The van der Waals surface area contributed by atoms with Crippen LogP contribution in [0.3, 0.4) is 0 Å². The molecule has 1 heterocycles. The predicted octanol–water partition coefficient (Wildman–Crippen LogP) is 2.09. The summed E-state index contributed by atoms with van der Waals surface area (Å²) < 4.78 is 5.60. The molecule has 0 spiro atoms. The van der Waals surface area contributed by atoms with Crippen LogP contribution >= 0.6 is 11.8 Å². The lowest BCUT2D eigenvalue weighted by molar-refractivity contribution is -0.127. The van der Waals surface area contributed by atoms with Crippen LogP contribution in [0.4, 0.5) is 0 Å². The van der Waals surface area contributed by atoms with Crippen LogP contribution < -0.4 is 10.6 Å². The van der Waals surface area contributed by atoms with Crippen LogP contribution in [0.25, 0.3) is 11.5 Å². The Labute approximate surface area is 151 Å². The van der Waals surface area contributed by atoms with Gasteiger partial charge in [-0.05, 0) is 39.8 Å². The van der Waals surface area contributed by atoms with Crippen molar-refractivity contribution in [3.63, 3.8) is 0 Å². The molecule has 0 saturated carbocycles. The highest BCUT2D eigenvalue weighted by Crippen LogP contribution is 2.24. The number of nitrogens with one attached hydrogen (secondary N) is 2. The zero-order valence-electron chi connectivity index (χ0n) is 14.8. The first-order chi connectivity index (χ1) is 11.9. The average Bonchev–Trinajstić information content (AvgIpc) is 3.01. The summed E-state index contributed by atoms with van der Waals surface area (Å²) in [5.41, 5.74) is 3.08. The molecule has 1 atom stereocenters. The van der Waals surface area contributed by atoms with Crippen molar-refractivity contribution in [2.24, 2.45) is 0 Å². The Morgan fingerprint density at radius 2 is 1.88 bits per heavy atom. The van der Waals surface area contributed by atoms with E-state index in [4.69, 9.17) is 4.42 Å². The van der Waals surface area contributed by atoms with Gasteiger partial charge in [-0.1, -0.05) is 29.0 Å². The van der Waals surface area contributed by atoms with Gasteiger partial charge in [0.05, 0.1) is 5.75 Å². The molecule has 0 unspecified atom stereocenters. The average molecular weight is 362 g/mol. The van der Waals surface area contributed by atoms with Crippen molar-refractivity contribution in [1.29, 1.82) is 0 Å². The zero-order chi connectivity index (χ0) is 18.4. The van der Waals surface area contributed by atoms with E-state index in [2.05, 4.69) is 26.9 Å². The predicted molar refractivity (Wildman–Crippen MR) is 96.2 cm³/mol. The molecule has 2 rings (SSSR count). The molecule has 1 aromatic heterocycles. The molecule has 0 bridgehead atoms. The van der Waals surface area contributed by atoms with Crippen LogP contribution in [0.5, 0.6) is 0 Å². The van der Waals surface area contributed by atoms with Crippen LogP contribution in [0.1, 0.15) is 25.0 Å². The number of aryl methyl sites for hydroxylation is 2. The fourth-order valence-electron chi connectivity index (χ4n) is 2.29. The molecule has 8 heteroatoms. The number of amides is 2. The van der Waals surface area contributed by atoms with Crippen molar-refractivity contribution in [3.05, 3.63) is 29.3 Å². The summed E-state index contributed by atoms with van der Waals surface area (Å²) in [6.45, 7) is 7.99. The van der Waals surface area contributed by atoms with Crippen LogP contribution in [0, 0.1) is 13.8 Å². The highest BCUT2D eigenvalue weighted by atomic mass is 32.2. The minimum Gasteiger partial charge on any atom is -0.411 e. The number of thioether (sulfide) groups is 1. The number of rotatable bonds is 7. The van der Waals surface area contributed by atoms with Crippen LogP contribution in [0.2, 0.25) is 0 Å². The molecular weight excluding hydrogens is 340 g/mol. The normalized spacial score (nSPS) is 11.8. The smallest absolute Gasteiger partial charge is 0.277 e. The lowest BCUT2D eigenvalue weighted by atomic mass is 10.1. The van der Waals surface area contributed by atoms with E-state index in [0.29, 0.717) is 17.7 Å². The second-order valence-corrected chi connectivity index (χ2v) is 6.65. The summed E-state index contributed by atoms with van der Waals surface area (Å²) >= 11 is 1.14. The van der Waals surface area contributed by atoms with E-state index >= 15 is 0 Å². The Morgan fingerprint density at radius 3 is 2.52 bits per heavy atom. The van der Waals surface area contributed by atoms with Gasteiger partial charge in [0.15, 0.2) is 0 Å². The maximum Gasteiger partial charge on any atom is 0.277 e. The SMILES string of the molecule is CCNC(=O)[C@H](C)NC(=O)CSc1nnc(-c2cc(C)cc(C)c2)o1. The first kappa shape index (κ1) is 19.0. The number of likely N-dealkylation sites (N-methyl/N-ethyl adjacent to an activating group) is 1. The maximum absolute atomic E-state index is 11.9. The monoisotopic (exact) mass is 362 g/mol. The number of nitrogens with zero attached hydrogens (tertiary/aromatic N) is 2. The van der Waals surface area contributed by atoms with Crippen molar-refractivity contribution >= 4 is 23.6 Å². The minimum absolute atomic E-state index is 0.0955. The topological polar surface area (TPSA) is 97.1 Å². The first-order valence-electron chi connectivity index (χ1n) is 8.01. The second kappa shape index (κ2) is 8.66. The maximum atomic E-state index is 11.9. The fourth-order valence-corrected chi connectivity index (χ4v) is 2.86. The van der Waals surface area contributed by atoms with E-state index < -0.39 is 6.04 Å². The van der Waals surface area contributed by atoms with Crippen LogP contribution in [-0.2, 0) is 9.59 Å².